The first-order chi connectivity index (χ1) is 11.3. The van der Waals surface area contributed by atoms with Crippen LogP contribution in [0.2, 0.25) is 0 Å². The van der Waals surface area contributed by atoms with Crippen LogP contribution in [-0.4, -0.2) is 11.5 Å². The number of hydrogen-bond acceptors (Lipinski definition) is 4. The third kappa shape index (κ3) is 2.36. The van der Waals surface area contributed by atoms with Crippen molar-refractivity contribution in [3.63, 3.8) is 0 Å². The van der Waals surface area contributed by atoms with E-state index in [0.29, 0.717) is 5.69 Å². The van der Waals surface area contributed by atoms with Gasteiger partial charge in [0.15, 0.2) is 0 Å². The summed E-state index contributed by atoms with van der Waals surface area (Å²) in [5, 5.41) is 10.3. The Morgan fingerprint density at radius 3 is 2.91 bits per heavy atom. The van der Waals surface area contributed by atoms with Crippen molar-refractivity contribution >= 4 is 27.2 Å². The standard InChI is InChI=1S/C18H14FN3S/c19-13-5-3-7-15(12(13)11-20)22-10-4-8-16(22)18-21-14-6-1-2-9-17(14)23-18/h1-3,5-7,9,16H,4,8,10H2/t16-/m1/s1. The molecular weight excluding hydrogens is 309 g/mol. The van der Waals surface area contributed by atoms with E-state index in [1.165, 1.54) is 6.07 Å². The quantitative estimate of drug-likeness (QED) is 0.689. The predicted molar refractivity (Wildman–Crippen MR) is 90.1 cm³/mol. The van der Waals surface area contributed by atoms with Crippen LogP contribution >= 0.6 is 11.3 Å². The first-order valence-electron chi connectivity index (χ1n) is 7.58. The van der Waals surface area contributed by atoms with E-state index >= 15 is 0 Å². The molecule has 1 aliphatic rings. The number of nitrogens with zero attached hydrogens (tertiary/aromatic N) is 3. The van der Waals surface area contributed by atoms with E-state index in [1.54, 1.807) is 17.4 Å². The Morgan fingerprint density at radius 2 is 2.09 bits per heavy atom. The van der Waals surface area contributed by atoms with Gasteiger partial charge in [-0.2, -0.15) is 5.26 Å². The van der Waals surface area contributed by atoms with Crippen molar-refractivity contribution in [3.8, 4) is 6.07 Å². The molecule has 23 heavy (non-hydrogen) atoms. The highest BCUT2D eigenvalue weighted by Gasteiger charge is 2.30. The zero-order valence-corrected chi connectivity index (χ0v) is 13.2. The lowest BCUT2D eigenvalue weighted by molar-refractivity contribution is 0.621. The van der Waals surface area contributed by atoms with Gasteiger partial charge in [-0.15, -0.1) is 11.3 Å². The molecule has 1 atom stereocenters. The molecule has 3 nitrogen and oxygen atoms in total. The van der Waals surface area contributed by atoms with E-state index in [2.05, 4.69) is 11.0 Å². The molecule has 2 heterocycles. The van der Waals surface area contributed by atoms with Gasteiger partial charge in [-0.3, -0.25) is 0 Å². The van der Waals surface area contributed by atoms with Crippen LogP contribution in [0.1, 0.15) is 29.5 Å². The lowest BCUT2D eigenvalue weighted by atomic mass is 10.1. The maximum Gasteiger partial charge on any atom is 0.143 e. The molecule has 114 valence electrons. The SMILES string of the molecule is N#Cc1c(F)cccc1N1CCC[C@@H]1c1nc2ccccc2s1. The van der Waals surface area contributed by atoms with Gasteiger partial charge >= 0.3 is 0 Å². The van der Waals surface area contributed by atoms with Gasteiger partial charge in [0.1, 0.15) is 22.5 Å². The van der Waals surface area contributed by atoms with Crippen molar-refractivity contribution in [2.75, 3.05) is 11.4 Å². The van der Waals surface area contributed by atoms with Crippen molar-refractivity contribution < 1.29 is 4.39 Å². The molecule has 2 aromatic carbocycles. The maximum absolute atomic E-state index is 13.9. The molecular formula is C18H14FN3S. The fraction of sp³-hybridized carbons (Fsp3) is 0.222. The van der Waals surface area contributed by atoms with E-state index in [4.69, 9.17) is 4.98 Å². The van der Waals surface area contributed by atoms with Gasteiger partial charge in [-0.05, 0) is 37.1 Å². The topological polar surface area (TPSA) is 39.9 Å². The molecule has 1 fully saturated rings. The summed E-state index contributed by atoms with van der Waals surface area (Å²) in [4.78, 5) is 6.87. The minimum atomic E-state index is -0.458. The van der Waals surface area contributed by atoms with Crippen molar-refractivity contribution in [2.45, 2.75) is 18.9 Å². The summed E-state index contributed by atoms with van der Waals surface area (Å²) < 4.78 is 15.1. The summed E-state index contributed by atoms with van der Waals surface area (Å²) in [6.45, 7) is 0.818. The van der Waals surface area contributed by atoms with Crippen LogP contribution in [0.4, 0.5) is 10.1 Å². The molecule has 1 saturated heterocycles. The smallest absolute Gasteiger partial charge is 0.143 e. The van der Waals surface area contributed by atoms with Gasteiger partial charge < -0.3 is 4.90 Å². The second kappa shape index (κ2) is 5.64. The summed E-state index contributed by atoms with van der Waals surface area (Å²) in [6, 6.07) is 15.0. The van der Waals surface area contributed by atoms with Crippen molar-refractivity contribution in [1.29, 1.82) is 5.26 Å². The Kier molecular flexibility index (Phi) is 3.47. The third-order valence-electron chi connectivity index (χ3n) is 4.26. The molecule has 5 heteroatoms. The Balaban J connectivity index is 1.78. The van der Waals surface area contributed by atoms with Gasteiger partial charge in [-0.25, -0.2) is 9.37 Å². The summed E-state index contributed by atoms with van der Waals surface area (Å²) in [5.74, 6) is -0.458. The van der Waals surface area contributed by atoms with Crippen LogP contribution in [-0.2, 0) is 0 Å². The van der Waals surface area contributed by atoms with E-state index in [9.17, 15) is 9.65 Å². The summed E-state index contributed by atoms with van der Waals surface area (Å²) in [5.41, 5.74) is 1.80. The molecule has 0 radical (unpaired) electrons. The zero-order valence-electron chi connectivity index (χ0n) is 12.4. The largest absolute Gasteiger partial charge is 0.361 e. The third-order valence-corrected chi connectivity index (χ3v) is 5.40. The van der Waals surface area contributed by atoms with Gasteiger partial charge in [-0.1, -0.05) is 18.2 Å². The van der Waals surface area contributed by atoms with Gasteiger partial charge in [0.25, 0.3) is 0 Å². The van der Waals surface area contributed by atoms with E-state index < -0.39 is 5.82 Å². The normalized spacial score (nSPS) is 17.6. The minimum absolute atomic E-state index is 0.112. The highest BCUT2D eigenvalue weighted by Crippen LogP contribution is 2.40. The first-order valence-corrected chi connectivity index (χ1v) is 8.40. The minimum Gasteiger partial charge on any atom is -0.361 e. The molecule has 3 aromatic rings. The molecule has 0 aliphatic carbocycles. The average Bonchev–Trinajstić information content (AvgIpc) is 3.20. The fourth-order valence-corrected chi connectivity index (χ4v) is 4.32. The second-order valence-corrected chi connectivity index (χ2v) is 6.68. The lowest BCUT2D eigenvalue weighted by Gasteiger charge is -2.26. The number of thiazole rings is 1. The Bertz CT molecular complexity index is 879. The van der Waals surface area contributed by atoms with Crippen molar-refractivity contribution in [1.82, 2.24) is 4.98 Å². The van der Waals surface area contributed by atoms with Gasteiger partial charge in [0.2, 0.25) is 0 Å². The average molecular weight is 323 g/mol. The highest BCUT2D eigenvalue weighted by molar-refractivity contribution is 7.18. The molecule has 1 aliphatic heterocycles. The van der Waals surface area contributed by atoms with Gasteiger partial charge in [0.05, 0.1) is 21.9 Å². The van der Waals surface area contributed by atoms with Crippen LogP contribution in [0, 0.1) is 17.1 Å². The Morgan fingerprint density at radius 1 is 1.22 bits per heavy atom. The van der Waals surface area contributed by atoms with Crippen LogP contribution in [0.3, 0.4) is 0 Å². The van der Waals surface area contributed by atoms with Crippen molar-refractivity contribution in [2.24, 2.45) is 0 Å². The number of benzene rings is 2. The molecule has 0 amide bonds. The number of para-hydroxylation sites is 1. The van der Waals surface area contributed by atoms with Crippen LogP contribution < -0.4 is 4.90 Å². The molecule has 0 unspecified atom stereocenters. The van der Waals surface area contributed by atoms with Crippen LogP contribution in [0.5, 0.6) is 0 Å². The second-order valence-electron chi connectivity index (χ2n) is 5.62. The summed E-state index contributed by atoms with van der Waals surface area (Å²) in [6.07, 6.45) is 1.99. The fourth-order valence-electron chi connectivity index (χ4n) is 3.21. The van der Waals surface area contributed by atoms with Crippen LogP contribution in [0.15, 0.2) is 42.5 Å². The van der Waals surface area contributed by atoms with E-state index in [1.807, 2.05) is 30.3 Å². The number of rotatable bonds is 2. The van der Waals surface area contributed by atoms with E-state index in [-0.39, 0.29) is 11.6 Å². The zero-order chi connectivity index (χ0) is 15.8. The molecule has 4 rings (SSSR count). The Hall–Kier alpha value is -2.45. The number of fused-ring (bicyclic) bond motifs is 1. The molecule has 0 bridgehead atoms. The molecule has 0 N–H and O–H groups in total. The summed E-state index contributed by atoms with van der Waals surface area (Å²) in [7, 11) is 0. The predicted octanol–water partition coefficient (Wildman–Crippen LogP) is 4.65. The number of hydrogen-bond donors (Lipinski definition) is 0. The lowest BCUT2D eigenvalue weighted by Crippen LogP contribution is -2.23. The van der Waals surface area contributed by atoms with E-state index in [0.717, 1.165) is 34.6 Å². The molecule has 1 aromatic heterocycles. The number of anilines is 1. The van der Waals surface area contributed by atoms with Crippen LogP contribution in [0.25, 0.3) is 10.2 Å². The highest BCUT2D eigenvalue weighted by atomic mass is 32.1. The molecule has 0 saturated carbocycles. The maximum atomic E-state index is 13.9. The summed E-state index contributed by atoms with van der Waals surface area (Å²) >= 11 is 1.68. The van der Waals surface area contributed by atoms with Gasteiger partial charge in [0, 0.05) is 6.54 Å². The number of halogens is 1. The number of nitriles is 1. The first kappa shape index (κ1) is 14.2. The Labute approximate surface area is 137 Å². The monoisotopic (exact) mass is 323 g/mol. The number of aromatic nitrogens is 1. The van der Waals surface area contributed by atoms with Crippen molar-refractivity contribution in [3.05, 3.63) is 58.9 Å². The molecule has 0 spiro atoms.